The van der Waals surface area contributed by atoms with E-state index in [0.29, 0.717) is 26.8 Å². The first-order valence-electron chi connectivity index (χ1n) is 9.65. The van der Waals surface area contributed by atoms with Crippen molar-refractivity contribution in [2.75, 3.05) is 4.90 Å². The molecule has 5 rings (SSSR count). The molecule has 0 aliphatic carbocycles. The molecule has 1 unspecified atom stereocenters. The first kappa shape index (κ1) is 20.2. The molecule has 1 amide bonds. The summed E-state index contributed by atoms with van der Waals surface area (Å²) < 4.78 is 0.858. The molecule has 0 radical (unpaired) electrons. The van der Waals surface area contributed by atoms with Crippen LogP contribution in [0.1, 0.15) is 17.2 Å². The predicted molar refractivity (Wildman–Crippen MR) is 124 cm³/mol. The van der Waals surface area contributed by atoms with Gasteiger partial charge in [0.15, 0.2) is 5.13 Å². The summed E-state index contributed by atoms with van der Waals surface area (Å²) in [5.74, 6) is -1.97. The Morgan fingerprint density at radius 3 is 2.47 bits per heavy atom. The summed E-state index contributed by atoms with van der Waals surface area (Å²) in [5.41, 5.74) is 1.43. The molecular weight excluding hydrogens is 448 g/mol. The molecule has 1 atom stereocenters. The highest BCUT2D eigenvalue weighted by Gasteiger charge is 2.48. The van der Waals surface area contributed by atoms with Crippen LogP contribution in [-0.4, -0.2) is 26.9 Å². The number of phenols is 1. The fourth-order valence-corrected chi connectivity index (χ4v) is 4.88. The van der Waals surface area contributed by atoms with Gasteiger partial charge in [-0.15, -0.1) is 0 Å². The van der Waals surface area contributed by atoms with Crippen LogP contribution in [0.4, 0.5) is 5.13 Å². The number of aliphatic hydroxyl groups is 1. The number of aromatic nitrogens is 1. The van der Waals surface area contributed by atoms with Gasteiger partial charge in [-0.2, -0.15) is 0 Å². The van der Waals surface area contributed by atoms with Crippen LogP contribution in [0.5, 0.6) is 5.75 Å². The number of nitrogens with zero attached hydrogens (tertiary/aromatic N) is 2. The quantitative estimate of drug-likeness (QED) is 0.245. The minimum absolute atomic E-state index is 0.0242. The number of para-hydroxylation sites is 1. The van der Waals surface area contributed by atoms with E-state index < -0.39 is 17.7 Å². The highest BCUT2D eigenvalue weighted by molar-refractivity contribution is 7.22. The highest BCUT2D eigenvalue weighted by atomic mass is 35.5. The predicted octanol–water partition coefficient (Wildman–Crippen LogP) is 5.28. The lowest BCUT2D eigenvalue weighted by molar-refractivity contribution is -0.132. The van der Waals surface area contributed by atoms with Crippen LogP contribution in [0.3, 0.4) is 0 Å². The number of thiazole rings is 1. The molecule has 0 saturated carbocycles. The van der Waals surface area contributed by atoms with Crippen LogP contribution in [0.15, 0.2) is 78.4 Å². The number of amides is 1. The van der Waals surface area contributed by atoms with Crippen molar-refractivity contribution < 1.29 is 19.8 Å². The molecular formula is C24H15ClN2O4S. The molecule has 1 saturated heterocycles. The van der Waals surface area contributed by atoms with Gasteiger partial charge in [0.25, 0.3) is 5.78 Å². The molecule has 8 heteroatoms. The van der Waals surface area contributed by atoms with Crippen LogP contribution in [0.2, 0.25) is 5.02 Å². The van der Waals surface area contributed by atoms with E-state index in [9.17, 15) is 19.8 Å². The Morgan fingerprint density at radius 2 is 1.75 bits per heavy atom. The Balaban J connectivity index is 1.74. The molecule has 2 heterocycles. The number of ketones is 1. The van der Waals surface area contributed by atoms with Gasteiger partial charge >= 0.3 is 5.91 Å². The number of Topliss-reactive ketones (excluding diaryl/α,β-unsaturated/α-hetero) is 1. The molecule has 6 nitrogen and oxygen atoms in total. The molecule has 1 fully saturated rings. The molecule has 0 spiro atoms. The third-order valence-electron chi connectivity index (χ3n) is 5.24. The third-order valence-corrected chi connectivity index (χ3v) is 6.52. The van der Waals surface area contributed by atoms with Gasteiger partial charge < -0.3 is 10.2 Å². The molecule has 2 N–H and O–H groups in total. The average Bonchev–Trinajstić information content (AvgIpc) is 3.32. The number of aromatic hydroxyl groups is 1. The van der Waals surface area contributed by atoms with E-state index in [4.69, 9.17) is 11.6 Å². The molecule has 4 aromatic rings. The van der Waals surface area contributed by atoms with E-state index in [1.54, 1.807) is 36.4 Å². The number of hydrogen-bond donors (Lipinski definition) is 2. The Labute approximate surface area is 191 Å². The van der Waals surface area contributed by atoms with Gasteiger partial charge in [-0.1, -0.05) is 47.2 Å². The SMILES string of the molecule is O=C1C(=O)N(c2nc3ccccc3s2)C(c2cccc(O)c2)/C1=C(\O)c1ccc(Cl)cc1. The minimum Gasteiger partial charge on any atom is -0.508 e. The van der Waals surface area contributed by atoms with Crippen molar-refractivity contribution in [1.82, 2.24) is 4.98 Å². The molecule has 1 aliphatic heterocycles. The Hall–Kier alpha value is -3.68. The summed E-state index contributed by atoms with van der Waals surface area (Å²) in [7, 11) is 0. The number of carbonyl (C=O) groups excluding carboxylic acids is 2. The van der Waals surface area contributed by atoms with Gasteiger partial charge in [-0.05, 0) is 54.1 Å². The zero-order chi connectivity index (χ0) is 22.4. The van der Waals surface area contributed by atoms with Gasteiger partial charge in [0.2, 0.25) is 0 Å². The molecule has 158 valence electrons. The number of rotatable bonds is 3. The number of anilines is 1. The summed E-state index contributed by atoms with van der Waals surface area (Å²) in [5, 5.41) is 21.9. The maximum absolute atomic E-state index is 13.2. The lowest BCUT2D eigenvalue weighted by Gasteiger charge is -2.23. The van der Waals surface area contributed by atoms with E-state index in [1.807, 2.05) is 24.3 Å². The zero-order valence-corrected chi connectivity index (χ0v) is 18.0. The topological polar surface area (TPSA) is 90.7 Å². The maximum Gasteiger partial charge on any atom is 0.301 e. The second-order valence-electron chi connectivity index (χ2n) is 7.24. The maximum atomic E-state index is 13.2. The molecule has 32 heavy (non-hydrogen) atoms. The van der Waals surface area contributed by atoms with Crippen LogP contribution in [-0.2, 0) is 9.59 Å². The summed E-state index contributed by atoms with van der Waals surface area (Å²) in [6, 6.07) is 19.0. The lowest BCUT2D eigenvalue weighted by atomic mass is 9.95. The van der Waals surface area contributed by atoms with Crippen molar-refractivity contribution in [3.63, 3.8) is 0 Å². The van der Waals surface area contributed by atoms with Crippen molar-refractivity contribution in [3.8, 4) is 5.75 Å². The van der Waals surface area contributed by atoms with E-state index in [1.165, 1.54) is 28.4 Å². The van der Waals surface area contributed by atoms with Gasteiger partial charge in [0.05, 0.1) is 21.8 Å². The minimum atomic E-state index is -0.960. The normalized spacial score (nSPS) is 17.9. The van der Waals surface area contributed by atoms with Gasteiger partial charge in [-0.25, -0.2) is 4.98 Å². The molecule has 1 aliphatic rings. The van der Waals surface area contributed by atoms with Crippen molar-refractivity contribution >= 4 is 55.7 Å². The Kier molecular flexibility index (Phi) is 4.92. The van der Waals surface area contributed by atoms with Crippen LogP contribution < -0.4 is 4.90 Å². The number of phenolic OH excluding ortho intramolecular Hbond substituents is 1. The van der Waals surface area contributed by atoms with E-state index in [0.717, 1.165) is 4.70 Å². The second kappa shape index (κ2) is 7.78. The molecule has 1 aromatic heterocycles. The van der Waals surface area contributed by atoms with Crippen molar-refractivity contribution in [2.24, 2.45) is 0 Å². The van der Waals surface area contributed by atoms with Crippen LogP contribution in [0, 0.1) is 0 Å². The van der Waals surface area contributed by atoms with Crippen LogP contribution >= 0.6 is 22.9 Å². The van der Waals surface area contributed by atoms with Gasteiger partial charge in [0.1, 0.15) is 11.5 Å². The largest absolute Gasteiger partial charge is 0.508 e. The zero-order valence-electron chi connectivity index (χ0n) is 16.4. The van der Waals surface area contributed by atoms with Crippen molar-refractivity contribution in [2.45, 2.75) is 6.04 Å². The molecule has 3 aromatic carbocycles. The van der Waals surface area contributed by atoms with Crippen molar-refractivity contribution in [1.29, 1.82) is 0 Å². The van der Waals surface area contributed by atoms with Crippen LogP contribution in [0.25, 0.3) is 16.0 Å². The monoisotopic (exact) mass is 462 g/mol. The smallest absolute Gasteiger partial charge is 0.301 e. The van der Waals surface area contributed by atoms with Gasteiger partial charge in [0, 0.05) is 10.6 Å². The number of hydrogen-bond acceptors (Lipinski definition) is 6. The average molecular weight is 463 g/mol. The summed E-state index contributed by atoms with van der Waals surface area (Å²) in [6.45, 7) is 0. The summed E-state index contributed by atoms with van der Waals surface area (Å²) >= 11 is 7.22. The first-order chi connectivity index (χ1) is 15.4. The number of halogens is 1. The standard InChI is InChI=1S/C24H15ClN2O4S/c25-15-10-8-13(9-11-15)21(29)19-20(14-4-3-5-16(28)12-14)27(23(31)22(19)30)24-26-17-6-1-2-7-18(17)32-24/h1-12,20,28-29H/b21-19+. The van der Waals surface area contributed by atoms with E-state index in [2.05, 4.69) is 4.98 Å². The number of aliphatic hydroxyl groups excluding tert-OH is 1. The number of carbonyl (C=O) groups is 2. The number of benzene rings is 3. The molecule has 0 bridgehead atoms. The van der Waals surface area contributed by atoms with E-state index in [-0.39, 0.29) is 17.1 Å². The van der Waals surface area contributed by atoms with Gasteiger partial charge in [-0.3, -0.25) is 14.5 Å². The summed E-state index contributed by atoms with van der Waals surface area (Å²) in [4.78, 5) is 32.1. The Morgan fingerprint density at radius 1 is 1.00 bits per heavy atom. The fourth-order valence-electron chi connectivity index (χ4n) is 3.77. The summed E-state index contributed by atoms with van der Waals surface area (Å²) in [6.07, 6.45) is 0. The van der Waals surface area contributed by atoms with Crippen molar-refractivity contribution in [3.05, 3.63) is 94.5 Å². The Bertz CT molecular complexity index is 1380. The number of fused-ring (bicyclic) bond motifs is 1. The van der Waals surface area contributed by atoms with E-state index >= 15 is 0 Å². The third kappa shape index (κ3) is 3.32. The fraction of sp³-hybridized carbons (Fsp3) is 0.0417. The lowest BCUT2D eigenvalue weighted by Crippen LogP contribution is -2.29. The first-order valence-corrected chi connectivity index (χ1v) is 10.8. The highest BCUT2D eigenvalue weighted by Crippen LogP contribution is 2.44. The second-order valence-corrected chi connectivity index (χ2v) is 8.68.